The van der Waals surface area contributed by atoms with Gasteiger partial charge in [-0.1, -0.05) is 0 Å². The van der Waals surface area contributed by atoms with Crippen molar-refractivity contribution in [1.82, 2.24) is 4.90 Å². The molecule has 1 fully saturated rings. The largest absolute Gasteiger partial charge is 0.496 e. The van der Waals surface area contributed by atoms with Crippen LogP contribution in [0.25, 0.3) is 0 Å². The number of hydrogen-bond acceptors (Lipinski definition) is 4. The van der Waals surface area contributed by atoms with E-state index in [2.05, 4.69) is 37.9 Å². The van der Waals surface area contributed by atoms with Gasteiger partial charge in [0.2, 0.25) is 0 Å². The summed E-state index contributed by atoms with van der Waals surface area (Å²) in [4.78, 5) is 14.8. The number of ether oxygens (including phenoxy) is 2. The maximum atomic E-state index is 12.9. The normalized spacial score (nSPS) is 13.8. The fraction of sp³-hybridized carbons (Fsp3) is 0.300. The molecule has 0 aromatic heterocycles. The van der Waals surface area contributed by atoms with Crippen LogP contribution in [0.5, 0.6) is 17.2 Å². The molecule has 27 heavy (non-hydrogen) atoms. The maximum absolute atomic E-state index is 12.9. The lowest BCUT2D eigenvalue weighted by atomic mass is 10.1. The Bertz CT molecular complexity index is 880. The monoisotopic (exact) mass is 492 g/mol. The molecule has 7 heteroatoms. The van der Waals surface area contributed by atoms with Gasteiger partial charge in [-0.05, 0) is 81.5 Å². The van der Waals surface area contributed by atoms with Gasteiger partial charge in [0.05, 0.1) is 33.3 Å². The van der Waals surface area contributed by atoms with Gasteiger partial charge in [-0.2, -0.15) is 5.26 Å². The standard InChI is InChI=1S/C20H18Br2N2O3/c1-26-18-6-5-14(11-15(18)20(25)24-7-3-2-4-8-24)27-19-16(21)9-13(12-23)10-17(19)22/h5-6,9-11H,2-4,7-8H2,1H3. The second kappa shape index (κ2) is 8.77. The van der Waals surface area contributed by atoms with E-state index >= 15 is 0 Å². The quantitative estimate of drug-likeness (QED) is 0.563. The molecule has 0 aliphatic carbocycles. The molecule has 3 rings (SSSR count). The first kappa shape index (κ1) is 19.7. The minimum Gasteiger partial charge on any atom is -0.496 e. The number of piperidine rings is 1. The Morgan fingerprint density at radius 3 is 2.37 bits per heavy atom. The summed E-state index contributed by atoms with van der Waals surface area (Å²) in [7, 11) is 1.55. The fourth-order valence-corrected chi connectivity index (χ4v) is 4.37. The van der Waals surface area contributed by atoms with Crippen LogP contribution in [0.2, 0.25) is 0 Å². The van der Waals surface area contributed by atoms with Crippen molar-refractivity contribution in [1.29, 1.82) is 5.26 Å². The van der Waals surface area contributed by atoms with E-state index in [0.29, 0.717) is 37.3 Å². The third-order valence-corrected chi connectivity index (χ3v) is 5.57. The Morgan fingerprint density at radius 1 is 1.11 bits per heavy atom. The lowest BCUT2D eigenvalue weighted by Gasteiger charge is -2.27. The third kappa shape index (κ3) is 4.45. The van der Waals surface area contributed by atoms with Gasteiger partial charge in [-0.25, -0.2) is 0 Å². The van der Waals surface area contributed by atoms with Gasteiger partial charge in [0.25, 0.3) is 5.91 Å². The predicted octanol–water partition coefficient (Wildman–Crippen LogP) is 5.51. The van der Waals surface area contributed by atoms with Crippen molar-refractivity contribution in [2.75, 3.05) is 20.2 Å². The van der Waals surface area contributed by atoms with E-state index in [9.17, 15) is 4.79 Å². The molecule has 1 aliphatic rings. The number of nitrogens with zero attached hydrogens (tertiary/aromatic N) is 2. The SMILES string of the molecule is COc1ccc(Oc2c(Br)cc(C#N)cc2Br)cc1C(=O)N1CCCCC1. The molecular formula is C20H18Br2N2O3. The first-order chi connectivity index (χ1) is 13.0. The average Bonchev–Trinajstić information content (AvgIpc) is 2.70. The van der Waals surface area contributed by atoms with E-state index in [4.69, 9.17) is 14.7 Å². The molecule has 5 nitrogen and oxygen atoms in total. The van der Waals surface area contributed by atoms with Crippen LogP contribution in [0.3, 0.4) is 0 Å². The number of amides is 1. The second-order valence-corrected chi connectivity index (χ2v) is 7.91. The van der Waals surface area contributed by atoms with Crippen LogP contribution in [0.1, 0.15) is 35.2 Å². The summed E-state index contributed by atoms with van der Waals surface area (Å²) in [5, 5.41) is 9.06. The highest BCUT2D eigenvalue weighted by Crippen LogP contribution is 2.39. The van der Waals surface area contributed by atoms with Crippen molar-refractivity contribution >= 4 is 37.8 Å². The summed E-state index contributed by atoms with van der Waals surface area (Å²) in [5.74, 6) is 1.53. The molecular weight excluding hydrogens is 476 g/mol. The molecule has 140 valence electrons. The van der Waals surface area contributed by atoms with Gasteiger partial charge in [-0.3, -0.25) is 4.79 Å². The van der Waals surface area contributed by atoms with Crippen LogP contribution < -0.4 is 9.47 Å². The zero-order valence-electron chi connectivity index (χ0n) is 14.8. The van der Waals surface area contributed by atoms with Crippen molar-refractivity contribution in [3.63, 3.8) is 0 Å². The van der Waals surface area contributed by atoms with Crippen LogP contribution in [0.15, 0.2) is 39.3 Å². The van der Waals surface area contributed by atoms with Crippen molar-refractivity contribution in [3.05, 3.63) is 50.4 Å². The molecule has 0 unspecified atom stereocenters. The van der Waals surface area contributed by atoms with Gasteiger partial charge in [0.15, 0.2) is 5.75 Å². The first-order valence-corrected chi connectivity index (χ1v) is 10.2. The molecule has 0 saturated carbocycles. The van der Waals surface area contributed by atoms with Gasteiger partial charge in [0, 0.05) is 13.1 Å². The van der Waals surface area contributed by atoms with E-state index in [-0.39, 0.29) is 5.91 Å². The highest BCUT2D eigenvalue weighted by Gasteiger charge is 2.22. The van der Waals surface area contributed by atoms with Crippen molar-refractivity contribution in [3.8, 4) is 23.3 Å². The van der Waals surface area contributed by atoms with Crippen LogP contribution in [0.4, 0.5) is 0 Å². The lowest BCUT2D eigenvalue weighted by molar-refractivity contribution is 0.0720. The highest BCUT2D eigenvalue weighted by atomic mass is 79.9. The topological polar surface area (TPSA) is 62.6 Å². The zero-order valence-corrected chi connectivity index (χ0v) is 18.0. The molecule has 0 radical (unpaired) electrons. The molecule has 0 N–H and O–H groups in total. The molecule has 1 aliphatic heterocycles. The molecule has 1 heterocycles. The molecule has 1 amide bonds. The molecule has 0 atom stereocenters. The minimum absolute atomic E-state index is 0.0463. The predicted molar refractivity (Wildman–Crippen MR) is 109 cm³/mol. The smallest absolute Gasteiger partial charge is 0.257 e. The number of likely N-dealkylation sites (tertiary alicyclic amines) is 1. The van der Waals surface area contributed by atoms with Crippen molar-refractivity contribution < 1.29 is 14.3 Å². The van der Waals surface area contributed by atoms with Crippen LogP contribution in [-0.4, -0.2) is 31.0 Å². The van der Waals surface area contributed by atoms with Crippen LogP contribution in [-0.2, 0) is 0 Å². The van der Waals surface area contributed by atoms with Crippen molar-refractivity contribution in [2.24, 2.45) is 0 Å². The minimum atomic E-state index is -0.0463. The van der Waals surface area contributed by atoms with E-state index in [1.807, 2.05) is 4.90 Å². The Kier molecular flexibility index (Phi) is 6.40. The van der Waals surface area contributed by atoms with Gasteiger partial charge < -0.3 is 14.4 Å². The number of rotatable bonds is 4. The summed E-state index contributed by atoms with van der Waals surface area (Å²) in [6.45, 7) is 1.53. The maximum Gasteiger partial charge on any atom is 0.257 e. The number of methoxy groups -OCH3 is 1. The Balaban J connectivity index is 1.92. The summed E-state index contributed by atoms with van der Waals surface area (Å²) in [5.41, 5.74) is 0.995. The first-order valence-electron chi connectivity index (χ1n) is 8.58. The number of halogens is 2. The number of carbonyl (C=O) groups is 1. The van der Waals surface area contributed by atoms with Crippen LogP contribution in [0, 0.1) is 11.3 Å². The third-order valence-electron chi connectivity index (χ3n) is 4.39. The molecule has 2 aromatic rings. The van der Waals surface area contributed by atoms with Gasteiger partial charge in [0.1, 0.15) is 11.5 Å². The average molecular weight is 494 g/mol. The lowest BCUT2D eigenvalue weighted by Crippen LogP contribution is -2.35. The summed E-state index contributed by atoms with van der Waals surface area (Å²) in [6.07, 6.45) is 3.20. The van der Waals surface area contributed by atoms with E-state index in [1.54, 1.807) is 37.4 Å². The van der Waals surface area contributed by atoms with Crippen LogP contribution >= 0.6 is 31.9 Å². The Morgan fingerprint density at radius 2 is 1.78 bits per heavy atom. The number of nitriles is 1. The number of carbonyl (C=O) groups excluding carboxylic acids is 1. The van der Waals surface area contributed by atoms with E-state index < -0.39 is 0 Å². The zero-order chi connectivity index (χ0) is 19.4. The molecule has 0 bridgehead atoms. The van der Waals surface area contributed by atoms with E-state index in [0.717, 1.165) is 32.4 Å². The highest BCUT2D eigenvalue weighted by molar-refractivity contribution is 9.11. The summed E-state index contributed by atoms with van der Waals surface area (Å²) >= 11 is 6.86. The summed E-state index contributed by atoms with van der Waals surface area (Å²) in [6, 6.07) is 10.6. The van der Waals surface area contributed by atoms with Crippen molar-refractivity contribution in [2.45, 2.75) is 19.3 Å². The number of hydrogen-bond donors (Lipinski definition) is 0. The second-order valence-electron chi connectivity index (χ2n) is 6.20. The molecule has 1 saturated heterocycles. The number of benzene rings is 2. The Labute approximate surface area is 175 Å². The Hall–Kier alpha value is -2.04. The van der Waals surface area contributed by atoms with E-state index in [1.165, 1.54) is 0 Å². The van der Waals surface area contributed by atoms with Gasteiger partial charge >= 0.3 is 0 Å². The molecule has 0 spiro atoms. The fourth-order valence-electron chi connectivity index (χ4n) is 3.02. The van der Waals surface area contributed by atoms with Gasteiger partial charge in [-0.15, -0.1) is 0 Å². The molecule has 2 aromatic carbocycles. The summed E-state index contributed by atoms with van der Waals surface area (Å²) < 4.78 is 12.7.